The predicted octanol–water partition coefficient (Wildman–Crippen LogP) is 6.34. The van der Waals surface area contributed by atoms with E-state index in [1.807, 2.05) is 23.2 Å². The molecule has 4 aliphatic rings. The number of nitrogens with one attached hydrogen (secondary N) is 1. The molecule has 4 heterocycles. The van der Waals surface area contributed by atoms with Crippen LogP contribution in [0.4, 0.5) is 5.69 Å². The lowest BCUT2D eigenvalue weighted by Crippen LogP contribution is -2.46. The fourth-order valence-corrected chi connectivity index (χ4v) is 9.24. The first kappa shape index (κ1) is 50.5. The van der Waals surface area contributed by atoms with Crippen molar-refractivity contribution in [3.05, 3.63) is 88.7 Å². The standard InChI is InChI=1S/C51H66N4O12/c1-28-15-13-16-29(2)50(63)53-41-36(27-52-55-24-22-54(23-25-55)21-14-19-35-17-11-10-12-18-35)45(60)38-39(46(41)61)44(59)33(6)48-40(38)49(62)51(8,67-48)65-26-20-37(64-9)30(3)47(66-34(7)56)32(5)43(58)31(4)42(28)57/h10-13,15-18,20,26-28,30-32,37,42-43,47,57-61H,14,19,21-25H2,1-9H3,(H,53,63)/b15-13?,26-20?,29-16?,52-27+. The van der Waals surface area contributed by atoms with Crippen molar-refractivity contribution in [2.45, 2.75) is 98.4 Å². The number of phenolic OH excluding ortho intramolecular Hbond substituents is 3. The molecule has 1 saturated heterocycles. The highest BCUT2D eigenvalue weighted by molar-refractivity contribution is 6.23. The number of amides is 1. The molecule has 9 atom stereocenters. The summed E-state index contributed by atoms with van der Waals surface area (Å²) in [7, 11) is 1.44. The zero-order valence-corrected chi connectivity index (χ0v) is 39.9. The van der Waals surface area contributed by atoms with Gasteiger partial charge in [0.25, 0.3) is 11.7 Å². The third kappa shape index (κ3) is 10.8. The van der Waals surface area contributed by atoms with E-state index in [9.17, 15) is 39.9 Å². The van der Waals surface area contributed by atoms with E-state index in [0.29, 0.717) is 13.1 Å². The number of piperazine rings is 1. The zero-order chi connectivity index (χ0) is 48.9. The lowest BCUT2D eigenvalue weighted by Gasteiger charge is -2.38. The highest BCUT2D eigenvalue weighted by Gasteiger charge is 2.50. The number of nitrogens with zero attached hydrogens (tertiary/aromatic N) is 3. The molecule has 362 valence electrons. The number of carbonyl (C=O) groups is 3. The molecule has 7 rings (SSSR count). The van der Waals surface area contributed by atoms with E-state index in [0.717, 1.165) is 32.5 Å². The Labute approximate surface area is 392 Å². The van der Waals surface area contributed by atoms with E-state index in [-0.39, 0.29) is 44.5 Å². The summed E-state index contributed by atoms with van der Waals surface area (Å²) in [5, 5.41) is 67.7. The highest BCUT2D eigenvalue weighted by atomic mass is 16.7. The number of benzene rings is 3. The second-order valence-corrected chi connectivity index (χ2v) is 18.2. The lowest BCUT2D eigenvalue weighted by atomic mass is 9.78. The van der Waals surface area contributed by atoms with Crippen molar-refractivity contribution in [1.82, 2.24) is 9.91 Å². The monoisotopic (exact) mass is 926 g/mol. The average molecular weight is 927 g/mol. The van der Waals surface area contributed by atoms with Crippen LogP contribution in [0.3, 0.4) is 0 Å². The molecule has 5 bridgehead atoms. The van der Waals surface area contributed by atoms with Gasteiger partial charge >= 0.3 is 11.8 Å². The number of methoxy groups -OCH3 is 1. The summed E-state index contributed by atoms with van der Waals surface area (Å²) >= 11 is 0. The van der Waals surface area contributed by atoms with Crippen LogP contribution in [0.15, 0.2) is 71.6 Å². The molecule has 0 spiro atoms. The van der Waals surface area contributed by atoms with Gasteiger partial charge in [-0.1, -0.05) is 76.3 Å². The van der Waals surface area contributed by atoms with E-state index in [1.165, 1.54) is 65.0 Å². The van der Waals surface area contributed by atoms with Gasteiger partial charge in [0, 0.05) is 87.3 Å². The Hall–Kier alpha value is -5.94. The number of aliphatic hydroxyl groups is 2. The number of hydrogen-bond donors (Lipinski definition) is 6. The number of allylic oxidation sites excluding steroid dienone is 2. The molecule has 0 aliphatic carbocycles. The molecule has 3 aromatic carbocycles. The number of rotatable bonds is 8. The van der Waals surface area contributed by atoms with Crippen LogP contribution in [-0.2, 0) is 30.2 Å². The summed E-state index contributed by atoms with van der Waals surface area (Å²) in [6.07, 6.45) is 6.87. The molecule has 0 aromatic heterocycles. The van der Waals surface area contributed by atoms with Crippen molar-refractivity contribution < 1.29 is 58.9 Å². The van der Waals surface area contributed by atoms with Crippen LogP contribution in [0.5, 0.6) is 23.0 Å². The van der Waals surface area contributed by atoms with Gasteiger partial charge in [0.1, 0.15) is 23.4 Å². The molecule has 9 unspecified atom stereocenters. The lowest BCUT2D eigenvalue weighted by molar-refractivity contribution is -0.160. The van der Waals surface area contributed by atoms with E-state index in [2.05, 4.69) is 27.5 Å². The second-order valence-electron chi connectivity index (χ2n) is 18.2. The van der Waals surface area contributed by atoms with Crippen LogP contribution < -0.4 is 10.1 Å². The summed E-state index contributed by atoms with van der Waals surface area (Å²) in [6, 6.07) is 10.3. The summed E-state index contributed by atoms with van der Waals surface area (Å²) in [4.78, 5) is 43.2. The number of hydrazone groups is 1. The van der Waals surface area contributed by atoms with Gasteiger partial charge in [-0.25, -0.2) is 0 Å². The number of fused-ring (bicyclic) bond motifs is 14. The average Bonchev–Trinajstić information content (AvgIpc) is 3.57. The molecule has 16 nitrogen and oxygen atoms in total. The van der Waals surface area contributed by atoms with Gasteiger partial charge in [-0.3, -0.25) is 24.3 Å². The van der Waals surface area contributed by atoms with Gasteiger partial charge in [-0.15, -0.1) is 0 Å². The van der Waals surface area contributed by atoms with Crippen LogP contribution >= 0.6 is 0 Å². The summed E-state index contributed by atoms with van der Waals surface area (Å²) in [5.41, 5.74) is 0.936. The van der Waals surface area contributed by atoms with E-state index >= 15 is 0 Å². The maximum absolute atomic E-state index is 14.6. The first-order chi connectivity index (χ1) is 31.8. The van der Waals surface area contributed by atoms with Gasteiger partial charge in [-0.2, -0.15) is 5.10 Å². The Kier molecular flexibility index (Phi) is 16.1. The minimum atomic E-state index is -2.06. The van der Waals surface area contributed by atoms with Crippen LogP contribution in [0.25, 0.3) is 10.8 Å². The topological polar surface area (TPSA) is 220 Å². The number of hydrogen-bond acceptors (Lipinski definition) is 15. The van der Waals surface area contributed by atoms with Crippen LogP contribution in [0, 0.1) is 30.6 Å². The number of phenols is 3. The number of ketones is 1. The highest BCUT2D eigenvalue weighted by Crippen LogP contribution is 2.55. The van der Waals surface area contributed by atoms with Gasteiger partial charge in [0.05, 0.1) is 53.0 Å². The third-order valence-corrected chi connectivity index (χ3v) is 13.5. The van der Waals surface area contributed by atoms with Crippen molar-refractivity contribution >= 4 is 40.3 Å². The number of aromatic hydroxyl groups is 3. The number of carbonyl (C=O) groups excluding carboxylic acids is 3. The fraction of sp³-hybridized carbons (Fsp3) is 0.490. The molecular formula is C51H66N4O12. The molecular weight excluding hydrogens is 861 g/mol. The Morgan fingerprint density at radius 1 is 0.925 bits per heavy atom. The predicted molar refractivity (Wildman–Crippen MR) is 254 cm³/mol. The van der Waals surface area contributed by atoms with Crippen LogP contribution in [0.1, 0.15) is 81.9 Å². The molecule has 0 saturated carbocycles. The summed E-state index contributed by atoms with van der Waals surface area (Å²) < 4.78 is 23.8. The maximum atomic E-state index is 14.6. The molecule has 6 N–H and O–H groups in total. The minimum absolute atomic E-state index is 0.0552. The second kappa shape index (κ2) is 21.3. The number of esters is 1. The summed E-state index contributed by atoms with van der Waals surface area (Å²) in [6.45, 7) is 16.1. The third-order valence-electron chi connectivity index (χ3n) is 13.5. The smallest absolute Gasteiger partial charge is 0.312 e. The maximum Gasteiger partial charge on any atom is 0.312 e. The molecule has 67 heavy (non-hydrogen) atoms. The fourth-order valence-electron chi connectivity index (χ4n) is 9.24. The van der Waals surface area contributed by atoms with Crippen molar-refractivity contribution in [3.8, 4) is 23.0 Å². The van der Waals surface area contributed by atoms with Gasteiger partial charge in [-0.05, 0) is 44.9 Å². The molecule has 1 fully saturated rings. The quantitative estimate of drug-likeness (QED) is 0.0629. The van der Waals surface area contributed by atoms with E-state index in [1.54, 1.807) is 39.8 Å². The minimum Gasteiger partial charge on any atom is -0.507 e. The Morgan fingerprint density at radius 2 is 1.61 bits per heavy atom. The van der Waals surface area contributed by atoms with Gasteiger partial charge in [0.15, 0.2) is 5.75 Å². The van der Waals surface area contributed by atoms with Crippen molar-refractivity contribution in [2.75, 3.05) is 45.2 Å². The molecule has 3 aromatic rings. The van der Waals surface area contributed by atoms with Gasteiger partial charge < -0.3 is 49.8 Å². The number of aliphatic hydroxyl groups excluding tert-OH is 2. The van der Waals surface area contributed by atoms with Crippen molar-refractivity contribution in [2.24, 2.45) is 28.8 Å². The number of Topliss-reactive ketones (excluding diaryl/α,β-unsaturated/α-hetero) is 1. The Balaban J connectivity index is 1.41. The first-order valence-electron chi connectivity index (χ1n) is 22.9. The van der Waals surface area contributed by atoms with Crippen molar-refractivity contribution in [1.29, 1.82) is 0 Å². The van der Waals surface area contributed by atoms with E-state index < -0.39 is 88.8 Å². The number of ether oxygens (including phenoxy) is 4. The molecule has 4 aliphatic heterocycles. The Morgan fingerprint density at radius 3 is 2.27 bits per heavy atom. The van der Waals surface area contributed by atoms with Crippen molar-refractivity contribution in [3.63, 3.8) is 0 Å². The summed E-state index contributed by atoms with van der Waals surface area (Å²) in [5.74, 6) is -8.38. The normalized spacial score (nSPS) is 27.9. The number of aryl methyl sites for hydroxylation is 1. The molecule has 0 radical (unpaired) electrons. The van der Waals surface area contributed by atoms with Crippen LogP contribution in [0.2, 0.25) is 0 Å². The zero-order valence-electron chi connectivity index (χ0n) is 39.9. The SMILES string of the molecule is COC1C=COC2(C)Oc3c(C)c(O)c4c(O)c(c(/C=N/N5CCN(CCCc6ccccc6)CC5)c(O)c4c3C2=O)NC(=O)C(C)=CC=CC(C)C(O)C(C)C(O)C(C)C(OC(C)=O)C1C. The molecule has 1 amide bonds. The van der Waals surface area contributed by atoms with Gasteiger partial charge in [0.2, 0.25) is 0 Å². The Bertz CT molecular complexity index is 2430. The number of anilines is 1. The molecule has 16 heteroatoms. The van der Waals surface area contributed by atoms with Crippen LogP contribution in [-0.4, -0.2) is 129 Å². The largest absolute Gasteiger partial charge is 0.507 e. The first-order valence-corrected chi connectivity index (χ1v) is 22.9. The van der Waals surface area contributed by atoms with E-state index in [4.69, 9.17) is 18.9 Å².